The summed E-state index contributed by atoms with van der Waals surface area (Å²) in [6.07, 6.45) is -5.46. The summed E-state index contributed by atoms with van der Waals surface area (Å²) >= 11 is 0. The molecule has 2 aliphatic rings. The van der Waals surface area contributed by atoms with E-state index < -0.39 is 37.0 Å². The van der Waals surface area contributed by atoms with E-state index in [0.29, 0.717) is 0 Å². The van der Waals surface area contributed by atoms with Crippen LogP contribution in [-0.2, 0) is 14.2 Å². The zero-order valence-electron chi connectivity index (χ0n) is 7.74. The fraction of sp³-hybridized carbons (Fsp3) is 1.00. The van der Waals surface area contributed by atoms with Gasteiger partial charge in [-0.2, -0.15) is 0 Å². The van der Waals surface area contributed by atoms with Crippen molar-refractivity contribution in [3.05, 3.63) is 0 Å². The molecule has 2 aliphatic heterocycles. The average molecular weight is 206 g/mol. The van der Waals surface area contributed by atoms with Crippen LogP contribution in [-0.4, -0.2) is 58.9 Å². The van der Waals surface area contributed by atoms with Crippen molar-refractivity contribution >= 4 is 0 Å². The molecular weight excluding hydrogens is 192 g/mol. The van der Waals surface area contributed by atoms with Crippen molar-refractivity contribution in [3.63, 3.8) is 0 Å². The van der Waals surface area contributed by atoms with Gasteiger partial charge in [-0.3, -0.25) is 0 Å². The van der Waals surface area contributed by atoms with Crippen molar-refractivity contribution in [3.8, 4) is 0 Å². The third-order valence-electron chi connectivity index (χ3n) is 2.50. The molecule has 6 heteroatoms. The maximum atomic E-state index is 9.59. The quantitative estimate of drug-likeness (QED) is 0.433. The molecule has 2 rings (SSSR count). The van der Waals surface area contributed by atoms with Gasteiger partial charge in [-0.15, -0.1) is 0 Å². The van der Waals surface area contributed by atoms with Gasteiger partial charge in [0.15, 0.2) is 12.6 Å². The van der Waals surface area contributed by atoms with E-state index in [1.807, 2.05) is 0 Å². The van der Waals surface area contributed by atoms with Gasteiger partial charge in [-0.25, -0.2) is 0 Å². The van der Waals surface area contributed by atoms with Gasteiger partial charge >= 0.3 is 0 Å². The van der Waals surface area contributed by atoms with E-state index in [1.165, 1.54) is 0 Å². The van der Waals surface area contributed by atoms with Crippen LogP contribution >= 0.6 is 0 Å². The maximum Gasteiger partial charge on any atom is 0.184 e. The molecule has 6 atom stereocenters. The molecule has 0 bridgehead atoms. The van der Waals surface area contributed by atoms with E-state index in [4.69, 9.17) is 14.2 Å². The second-order valence-corrected chi connectivity index (χ2v) is 3.55. The lowest BCUT2D eigenvalue weighted by molar-refractivity contribution is -0.348. The number of ether oxygens (including phenoxy) is 3. The number of aliphatic hydroxyl groups is 3. The third kappa shape index (κ3) is 1.65. The van der Waals surface area contributed by atoms with E-state index in [1.54, 1.807) is 6.92 Å². The van der Waals surface area contributed by atoms with Crippen molar-refractivity contribution in [2.75, 3.05) is 6.61 Å². The predicted molar refractivity (Wildman–Crippen MR) is 43.2 cm³/mol. The summed E-state index contributed by atoms with van der Waals surface area (Å²) in [7, 11) is 0. The molecule has 0 amide bonds. The Balaban J connectivity index is 2.08. The first-order chi connectivity index (χ1) is 6.59. The van der Waals surface area contributed by atoms with E-state index in [0.717, 1.165) is 0 Å². The van der Waals surface area contributed by atoms with Crippen LogP contribution in [0.2, 0.25) is 0 Å². The molecule has 2 saturated heterocycles. The fourth-order valence-electron chi connectivity index (χ4n) is 1.71. The third-order valence-corrected chi connectivity index (χ3v) is 2.50. The first kappa shape index (κ1) is 10.3. The Labute approximate surface area is 81.0 Å². The van der Waals surface area contributed by atoms with Crippen molar-refractivity contribution in [1.29, 1.82) is 0 Å². The van der Waals surface area contributed by atoms with E-state index in [9.17, 15) is 15.3 Å². The van der Waals surface area contributed by atoms with Crippen molar-refractivity contribution in [1.82, 2.24) is 0 Å². The zero-order valence-corrected chi connectivity index (χ0v) is 7.74. The van der Waals surface area contributed by atoms with Gasteiger partial charge < -0.3 is 29.5 Å². The van der Waals surface area contributed by atoms with Crippen LogP contribution in [0.5, 0.6) is 0 Å². The molecule has 0 aromatic rings. The molecule has 2 heterocycles. The molecule has 0 spiro atoms. The van der Waals surface area contributed by atoms with Crippen LogP contribution in [0.25, 0.3) is 0 Å². The van der Waals surface area contributed by atoms with Gasteiger partial charge in [0.05, 0.1) is 6.61 Å². The summed E-state index contributed by atoms with van der Waals surface area (Å²) in [5.41, 5.74) is 0. The Bertz CT molecular complexity index is 208. The Morgan fingerprint density at radius 3 is 2.50 bits per heavy atom. The van der Waals surface area contributed by atoms with Gasteiger partial charge in [-0.1, -0.05) is 0 Å². The fourth-order valence-corrected chi connectivity index (χ4v) is 1.71. The van der Waals surface area contributed by atoms with Crippen LogP contribution < -0.4 is 0 Å². The summed E-state index contributed by atoms with van der Waals surface area (Å²) in [5, 5.41) is 28.1. The lowest BCUT2D eigenvalue weighted by Crippen LogP contribution is -2.62. The second-order valence-electron chi connectivity index (χ2n) is 3.55. The Kier molecular flexibility index (Phi) is 2.74. The second kappa shape index (κ2) is 3.73. The smallest absolute Gasteiger partial charge is 0.184 e. The summed E-state index contributed by atoms with van der Waals surface area (Å²) in [5.74, 6) is 0. The Morgan fingerprint density at radius 1 is 1.07 bits per heavy atom. The van der Waals surface area contributed by atoms with Crippen LogP contribution in [0.15, 0.2) is 0 Å². The van der Waals surface area contributed by atoms with Gasteiger partial charge in [-0.05, 0) is 6.92 Å². The molecule has 14 heavy (non-hydrogen) atoms. The summed E-state index contributed by atoms with van der Waals surface area (Å²) in [4.78, 5) is 0. The minimum atomic E-state index is -1.38. The lowest BCUT2D eigenvalue weighted by Gasteiger charge is -2.44. The standard InChI is InChI=1S/C8H14O6/c1-3-12-2-4-7(13-3)5(9)6(10)8(11)14-4/h3-11H,2H2,1H3/t3-,4-,5-,6-,7-,8+/m1/s1. The summed E-state index contributed by atoms with van der Waals surface area (Å²) in [6, 6.07) is 0. The van der Waals surface area contributed by atoms with Crippen LogP contribution in [0.4, 0.5) is 0 Å². The number of rotatable bonds is 0. The van der Waals surface area contributed by atoms with Crippen molar-refractivity contribution < 1.29 is 29.5 Å². The van der Waals surface area contributed by atoms with Gasteiger partial charge in [0.2, 0.25) is 0 Å². The highest BCUT2D eigenvalue weighted by molar-refractivity contribution is 4.91. The highest BCUT2D eigenvalue weighted by atomic mass is 16.7. The van der Waals surface area contributed by atoms with Crippen molar-refractivity contribution in [2.45, 2.75) is 43.9 Å². The highest BCUT2D eigenvalue weighted by Gasteiger charge is 2.47. The first-order valence-corrected chi connectivity index (χ1v) is 4.56. The number of hydrogen-bond acceptors (Lipinski definition) is 6. The van der Waals surface area contributed by atoms with E-state index in [2.05, 4.69) is 0 Å². The number of hydrogen-bond donors (Lipinski definition) is 3. The van der Waals surface area contributed by atoms with Crippen LogP contribution in [0, 0.1) is 0 Å². The molecule has 0 radical (unpaired) electrons. The number of aliphatic hydroxyl groups excluding tert-OH is 3. The zero-order chi connectivity index (χ0) is 10.3. The molecule has 82 valence electrons. The molecule has 0 unspecified atom stereocenters. The minimum Gasteiger partial charge on any atom is -0.387 e. The van der Waals surface area contributed by atoms with Gasteiger partial charge in [0.1, 0.15) is 24.4 Å². The van der Waals surface area contributed by atoms with E-state index in [-0.39, 0.29) is 6.61 Å². The molecule has 0 aromatic heterocycles. The molecular formula is C8H14O6. The SMILES string of the molecule is C[C@@H]1OC[C@H]2O[C@H](O)[C@H](O)[C@@H](O)[C@@H]2O1. The molecule has 0 aliphatic carbocycles. The average Bonchev–Trinajstić information content (AvgIpc) is 2.16. The highest BCUT2D eigenvalue weighted by Crippen LogP contribution is 2.27. The molecule has 2 fully saturated rings. The monoisotopic (exact) mass is 206 g/mol. The van der Waals surface area contributed by atoms with Crippen LogP contribution in [0.3, 0.4) is 0 Å². The normalized spacial score (nSPS) is 54.0. The van der Waals surface area contributed by atoms with E-state index >= 15 is 0 Å². The summed E-state index contributed by atoms with van der Waals surface area (Å²) < 4.78 is 15.4. The van der Waals surface area contributed by atoms with Gasteiger partial charge in [0, 0.05) is 0 Å². The minimum absolute atomic E-state index is 0.243. The summed E-state index contributed by atoms with van der Waals surface area (Å²) in [6.45, 7) is 1.94. The first-order valence-electron chi connectivity index (χ1n) is 4.56. The molecule has 3 N–H and O–H groups in total. The van der Waals surface area contributed by atoms with Gasteiger partial charge in [0.25, 0.3) is 0 Å². The van der Waals surface area contributed by atoms with Crippen molar-refractivity contribution in [2.24, 2.45) is 0 Å². The molecule has 6 nitrogen and oxygen atoms in total. The molecule has 0 saturated carbocycles. The maximum absolute atomic E-state index is 9.59. The van der Waals surface area contributed by atoms with Crippen LogP contribution in [0.1, 0.15) is 6.92 Å². The Morgan fingerprint density at radius 2 is 1.79 bits per heavy atom. The molecule has 0 aromatic carbocycles. The number of fused-ring (bicyclic) bond motifs is 1. The largest absolute Gasteiger partial charge is 0.387 e. The Hall–Kier alpha value is -0.240. The lowest BCUT2D eigenvalue weighted by atomic mass is 9.98. The predicted octanol–water partition coefficient (Wildman–Crippen LogP) is -1.81. The topological polar surface area (TPSA) is 88.4 Å².